The Balaban J connectivity index is 1.15. The number of hydrogen-bond donors (Lipinski definition) is 2. The van der Waals surface area contributed by atoms with Crippen LogP contribution in [-0.4, -0.2) is 60.6 Å². The first-order valence-electron chi connectivity index (χ1n) is 17.7. The summed E-state index contributed by atoms with van der Waals surface area (Å²) in [5, 5.41) is 6.16. The van der Waals surface area contributed by atoms with Gasteiger partial charge in [0.15, 0.2) is 5.65 Å². The number of benzene rings is 2. The van der Waals surface area contributed by atoms with Crippen LogP contribution in [0, 0.1) is 0 Å². The molecule has 12 nitrogen and oxygen atoms in total. The lowest BCUT2D eigenvalue weighted by Crippen LogP contribution is -2.53. The van der Waals surface area contributed by atoms with E-state index in [9.17, 15) is 27.6 Å². The highest BCUT2D eigenvalue weighted by Crippen LogP contribution is 2.47. The summed E-state index contributed by atoms with van der Waals surface area (Å²) in [4.78, 5) is 52.6. The van der Waals surface area contributed by atoms with Gasteiger partial charge in [-0.15, -0.1) is 0 Å². The third kappa shape index (κ3) is 6.31. The van der Waals surface area contributed by atoms with Crippen LogP contribution in [0.15, 0.2) is 52.1 Å². The van der Waals surface area contributed by atoms with E-state index in [1.807, 2.05) is 12.1 Å². The summed E-state index contributed by atoms with van der Waals surface area (Å²) in [5.41, 5.74) is 2.03. The number of fused-ring (bicyclic) bond motifs is 2. The lowest BCUT2D eigenvalue weighted by molar-refractivity contribution is -0.144. The lowest BCUT2D eigenvalue weighted by atomic mass is 9.88. The van der Waals surface area contributed by atoms with Crippen LogP contribution in [0.3, 0.4) is 0 Å². The lowest BCUT2D eigenvalue weighted by Gasteiger charge is -2.35. The SMILES string of the molecule is COc1nc(-c2cccc(-c3cccc(Nc4nc(C(F)(F)F)nc5c4c(=O)n(C)c(=O)n5C)c3Cl)c2Cl)cc2c1[C@@H](N1CC[C@@]3(CCCC(=O)N3)C1)CC2. The van der Waals surface area contributed by atoms with E-state index in [1.165, 1.54) is 20.2 Å². The molecule has 2 aliphatic heterocycles. The number of carbonyl (C=O) groups is 1. The minimum Gasteiger partial charge on any atom is -0.481 e. The minimum absolute atomic E-state index is 0.0865. The topological polar surface area (TPSA) is 136 Å². The number of rotatable bonds is 6. The molecule has 1 aliphatic carbocycles. The highest BCUT2D eigenvalue weighted by molar-refractivity contribution is 6.39. The fourth-order valence-corrected chi connectivity index (χ4v) is 8.90. The number of hydrogen-bond acceptors (Lipinski definition) is 9. The Labute approximate surface area is 322 Å². The van der Waals surface area contributed by atoms with Crippen molar-refractivity contribution in [3.8, 4) is 28.3 Å². The van der Waals surface area contributed by atoms with E-state index < -0.39 is 34.7 Å². The molecule has 0 unspecified atom stereocenters. The molecule has 286 valence electrons. The van der Waals surface area contributed by atoms with Crippen LogP contribution >= 0.6 is 23.2 Å². The Morgan fingerprint density at radius 1 is 0.945 bits per heavy atom. The summed E-state index contributed by atoms with van der Waals surface area (Å²) in [6, 6.07) is 12.4. The predicted molar refractivity (Wildman–Crippen MR) is 202 cm³/mol. The van der Waals surface area contributed by atoms with Crippen LogP contribution in [0.1, 0.15) is 55.1 Å². The van der Waals surface area contributed by atoms with E-state index >= 15 is 0 Å². The van der Waals surface area contributed by atoms with Crippen molar-refractivity contribution in [2.75, 3.05) is 25.5 Å². The second kappa shape index (κ2) is 13.6. The molecule has 5 aromatic rings. The van der Waals surface area contributed by atoms with Crippen LogP contribution in [0.5, 0.6) is 5.88 Å². The van der Waals surface area contributed by atoms with Crippen molar-refractivity contribution in [1.29, 1.82) is 0 Å². The predicted octanol–water partition coefficient (Wildman–Crippen LogP) is 6.57. The summed E-state index contributed by atoms with van der Waals surface area (Å²) in [5.74, 6) is -1.40. The summed E-state index contributed by atoms with van der Waals surface area (Å²) in [7, 11) is 4.02. The molecule has 55 heavy (non-hydrogen) atoms. The van der Waals surface area contributed by atoms with E-state index in [2.05, 4.69) is 25.5 Å². The zero-order chi connectivity index (χ0) is 39.0. The first-order chi connectivity index (χ1) is 26.2. The first-order valence-corrected chi connectivity index (χ1v) is 18.5. The van der Waals surface area contributed by atoms with Crippen LogP contribution in [0.25, 0.3) is 33.4 Å². The average Bonchev–Trinajstić information content (AvgIpc) is 3.77. The van der Waals surface area contributed by atoms with Gasteiger partial charge in [0.05, 0.1) is 34.1 Å². The summed E-state index contributed by atoms with van der Waals surface area (Å²) in [6.07, 6.45) is 0.0618. The maximum Gasteiger partial charge on any atom is 0.451 e. The van der Waals surface area contributed by atoms with Gasteiger partial charge in [-0.2, -0.15) is 13.2 Å². The quantitative estimate of drug-likeness (QED) is 0.196. The second-order valence-corrected chi connectivity index (χ2v) is 15.1. The smallest absolute Gasteiger partial charge is 0.451 e. The van der Waals surface area contributed by atoms with E-state index in [1.54, 1.807) is 31.4 Å². The van der Waals surface area contributed by atoms with Crippen LogP contribution in [-0.2, 0) is 31.5 Å². The van der Waals surface area contributed by atoms with Crippen LogP contribution in [0.4, 0.5) is 24.7 Å². The Morgan fingerprint density at radius 3 is 2.40 bits per heavy atom. The second-order valence-electron chi connectivity index (χ2n) is 14.3. The highest BCUT2D eigenvalue weighted by atomic mass is 35.5. The third-order valence-electron chi connectivity index (χ3n) is 11.0. The zero-order valence-corrected chi connectivity index (χ0v) is 31.5. The van der Waals surface area contributed by atoms with Crippen molar-refractivity contribution in [1.82, 2.24) is 34.3 Å². The van der Waals surface area contributed by atoms with E-state index in [0.29, 0.717) is 39.7 Å². The number of nitrogens with zero attached hydrogens (tertiary/aromatic N) is 6. The maximum atomic E-state index is 13.9. The number of anilines is 2. The molecule has 0 bridgehead atoms. The van der Waals surface area contributed by atoms with E-state index in [4.69, 9.17) is 32.9 Å². The number of likely N-dealkylation sites (tertiary alicyclic amines) is 1. The normalized spacial score (nSPS) is 19.9. The summed E-state index contributed by atoms with van der Waals surface area (Å²) in [6.45, 7) is 1.65. The molecule has 2 saturated heterocycles. The van der Waals surface area contributed by atoms with Gasteiger partial charge in [-0.1, -0.05) is 53.5 Å². The fraction of sp³-hybridized carbons (Fsp3) is 0.368. The van der Waals surface area contributed by atoms with Gasteiger partial charge >= 0.3 is 11.9 Å². The largest absolute Gasteiger partial charge is 0.481 e. The molecule has 8 rings (SSSR count). The van der Waals surface area contributed by atoms with Crippen molar-refractivity contribution in [3.05, 3.63) is 90.3 Å². The zero-order valence-electron chi connectivity index (χ0n) is 30.0. The molecule has 3 aliphatic rings. The molecule has 1 spiro atoms. The number of nitrogens with one attached hydrogen (secondary N) is 2. The maximum absolute atomic E-state index is 13.9. The molecular formula is C38H35Cl2F3N8O4. The fourth-order valence-electron chi connectivity index (χ4n) is 8.30. The number of pyridine rings is 1. The van der Waals surface area contributed by atoms with Crippen LogP contribution in [0.2, 0.25) is 10.0 Å². The van der Waals surface area contributed by atoms with Crippen molar-refractivity contribution < 1.29 is 22.7 Å². The van der Waals surface area contributed by atoms with Gasteiger partial charge in [0.1, 0.15) is 11.2 Å². The van der Waals surface area contributed by atoms with Crippen molar-refractivity contribution >= 4 is 51.6 Å². The van der Waals surface area contributed by atoms with Crippen molar-refractivity contribution in [3.63, 3.8) is 0 Å². The molecule has 3 aromatic heterocycles. The molecule has 2 aromatic carbocycles. The first kappa shape index (κ1) is 37.0. The van der Waals surface area contributed by atoms with Gasteiger partial charge in [-0.25, -0.2) is 19.7 Å². The van der Waals surface area contributed by atoms with E-state index in [0.717, 1.165) is 65.5 Å². The number of halogens is 5. The van der Waals surface area contributed by atoms with Crippen molar-refractivity contribution in [2.45, 2.75) is 56.3 Å². The Kier molecular flexibility index (Phi) is 9.16. The number of piperidine rings is 1. The summed E-state index contributed by atoms with van der Waals surface area (Å²) < 4.78 is 49.3. The Bertz CT molecular complexity index is 2540. The van der Waals surface area contributed by atoms with Gasteiger partial charge in [0, 0.05) is 61.9 Å². The number of carbonyl (C=O) groups excluding carboxylic acids is 1. The number of aromatic nitrogens is 5. The van der Waals surface area contributed by atoms with Crippen molar-refractivity contribution in [2.24, 2.45) is 14.1 Å². The number of alkyl halides is 3. The van der Waals surface area contributed by atoms with Gasteiger partial charge in [0.25, 0.3) is 5.56 Å². The summed E-state index contributed by atoms with van der Waals surface area (Å²) >= 11 is 14.1. The molecule has 5 heterocycles. The molecule has 2 fully saturated rings. The van der Waals surface area contributed by atoms with Gasteiger partial charge < -0.3 is 15.4 Å². The minimum atomic E-state index is -4.98. The Morgan fingerprint density at radius 2 is 1.67 bits per heavy atom. The number of methoxy groups -OCH3 is 1. The van der Waals surface area contributed by atoms with Gasteiger partial charge in [-0.3, -0.25) is 23.6 Å². The van der Waals surface area contributed by atoms with Gasteiger partial charge in [0.2, 0.25) is 17.6 Å². The van der Waals surface area contributed by atoms with E-state index in [-0.39, 0.29) is 33.6 Å². The molecule has 0 radical (unpaired) electrons. The Hall–Kier alpha value is -4.99. The van der Waals surface area contributed by atoms with Gasteiger partial charge in [-0.05, 0) is 49.8 Å². The molecule has 2 N–H and O–H groups in total. The average molecular weight is 796 g/mol. The highest BCUT2D eigenvalue weighted by Gasteiger charge is 2.45. The number of amides is 1. The standard InChI is InChI=1S/C38H35Cl2F3N8O4/c1-49-32-28(34(53)50(2)36(49)54)31(46-35(47-32)38(41,42)43)44-23-10-5-8-21(30(23)40)20-7-4-9-22(29(20)39)24-17-19-12-13-25(27(19)33(45-24)55-3)51-16-15-37(18-51)14-6-11-26(52)48-37/h4-5,7-10,17,25H,6,11-16,18H2,1-3H3,(H,48,52)(H,44,46,47)/t25-,37-/m0/s1. The molecule has 0 saturated carbocycles. The molecular weight excluding hydrogens is 760 g/mol. The molecule has 17 heteroatoms. The third-order valence-corrected chi connectivity index (χ3v) is 11.8. The number of ether oxygens (including phenoxy) is 1. The number of aryl methyl sites for hydroxylation is 2. The molecule has 2 atom stereocenters. The molecule has 1 amide bonds. The van der Waals surface area contributed by atoms with Crippen LogP contribution < -0.4 is 26.6 Å². The monoisotopic (exact) mass is 794 g/mol.